The van der Waals surface area contributed by atoms with Crippen molar-refractivity contribution in [1.82, 2.24) is 19.7 Å². The monoisotopic (exact) mass is 298 g/mol. The van der Waals surface area contributed by atoms with Gasteiger partial charge in [-0.05, 0) is 42.1 Å². The lowest BCUT2D eigenvalue weighted by Gasteiger charge is -2.39. The molecule has 1 amide bonds. The fourth-order valence-electron chi connectivity index (χ4n) is 4.59. The summed E-state index contributed by atoms with van der Waals surface area (Å²) in [6.45, 7) is 7.04. The number of aromatic nitrogens is 3. The molecule has 2 aliphatic carbocycles. The molecule has 116 valence electrons. The Morgan fingerprint density at radius 3 is 2.86 bits per heavy atom. The van der Waals surface area contributed by atoms with Gasteiger partial charge in [0.25, 0.3) is 5.91 Å². The van der Waals surface area contributed by atoms with Gasteiger partial charge in [-0.25, -0.2) is 9.97 Å². The molecule has 1 N–H and O–H groups in total. The molecule has 5 heteroatoms. The summed E-state index contributed by atoms with van der Waals surface area (Å²) in [5.74, 6) is 1.19. The molecule has 2 aromatic rings. The molecule has 2 bridgehead atoms. The minimum Gasteiger partial charge on any atom is -0.347 e. The minimum absolute atomic E-state index is 0.0833. The smallest absolute Gasteiger partial charge is 0.271 e. The normalized spacial score (nSPS) is 32.5. The van der Waals surface area contributed by atoms with Gasteiger partial charge < -0.3 is 5.32 Å². The summed E-state index contributed by atoms with van der Waals surface area (Å²) in [6, 6.07) is 2.07. The molecule has 3 unspecified atom stereocenters. The average molecular weight is 298 g/mol. The molecular formula is C17H22N4O. The zero-order valence-corrected chi connectivity index (χ0v) is 13.3. The van der Waals surface area contributed by atoms with Crippen LogP contribution in [-0.2, 0) is 0 Å². The lowest BCUT2D eigenvalue weighted by atomic mass is 9.69. The first-order valence-corrected chi connectivity index (χ1v) is 8.02. The van der Waals surface area contributed by atoms with E-state index in [0.717, 1.165) is 6.42 Å². The summed E-state index contributed by atoms with van der Waals surface area (Å²) in [5.41, 5.74) is 0.929. The fraction of sp³-hybridized carbons (Fsp3) is 0.588. The van der Waals surface area contributed by atoms with Crippen LogP contribution in [0.4, 0.5) is 0 Å². The molecule has 0 aliphatic heterocycles. The molecule has 5 nitrogen and oxygen atoms in total. The molecule has 22 heavy (non-hydrogen) atoms. The van der Waals surface area contributed by atoms with Gasteiger partial charge in [0.05, 0.1) is 0 Å². The van der Waals surface area contributed by atoms with E-state index >= 15 is 0 Å². The third kappa shape index (κ3) is 1.68. The Hall–Kier alpha value is -1.91. The van der Waals surface area contributed by atoms with Gasteiger partial charge in [-0.3, -0.25) is 9.20 Å². The van der Waals surface area contributed by atoms with Crippen molar-refractivity contribution >= 4 is 11.7 Å². The molecule has 2 aromatic heterocycles. The Bertz CT molecular complexity index is 717. The summed E-state index contributed by atoms with van der Waals surface area (Å²) in [5, 5.41) is 3.24. The lowest BCUT2D eigenvalue weighted by molar-refractivity contribution is 0.0822. The summed E-state index contributed by atoms with van der Waals surface area (Å²) < 4.78 is 1.78. The second-order valence-electron chi connectivity index (χ2n) is 7.59. The highest BCUT2D eigenvalue weighted by Gasteiger charge is 2.61. The Kier molecular flexibility index (Phi) is 2.69. The standard InChI is InChI=1S/C17H22N4O/c1-16(2)11-5-6-17(16,3)13(9-11)20-14(22)12-10-21-8-4-7-18-15(21)19-12/h4,7-8,10-11,13H,5-6,9H2,1-3H3,(H,20,22). The molecule has 2 heterocycles. The molecular weight excluding hydrogens is 276 g/mol. The van der Waals surface area contributed by atoms with E-state index < -0.39 is 0 Å². The predicted molar refractivity (Wildman–Crippen MR) is 83.5 cm³/mol. The first kappa shape index (κ1) is 13.7. The van der Waals surface area contributed by atoms with E-state index in [4.69, 9.17) is 0 Å². The zero-order chi connectivity index (χ0) is 15.5. The Labute approximate surface area is 130 Å². The fourth-order valence-corrected chi connectivity index (χ4v) is 4.59. The quantitative estimate of drug-likeness (QED) is 0.927. The van der Waals surface area contributed by atoms with Gasteiger partial charge in [-0.15, -0.1) is 0 Å². The van der Waals surface area contributed by atoms with Crippen molar-refractivity contribution < 1.29 is 4.79 Å². The maximum absolute atomic E-state index is 12.6. The van der Waals surface area contributed by atoms with Crippen molar-refractivity contribution in [2.45, 2.75) is 46.1 Å². The van der Waals surface area contributed by atoms with E-state index in [-0.39, 0.29) is 17.4 Å². The van der Waals surface area contributed by atoms with Crippen LogP contribution in [-0.4, -0.2) is 26.3 Å². The number of fused-ring (bicyclic) bond motifs is 3. The van der Waals surface area contributed by atoms with Crippen LogP contribution in [0, 0.1) is 16.7 Å². The van der Waals surface area contributed by atoms with E-state index in [1.807, 2.05) is 12.3 Å². The number of hydrogen-bond acceptors (Lipinski definition) is 3. The van der Waals surface area contributed by atoms with Gasteiger partial charge in [0.15, 0.2) is 0 Å². The van der Waals surface area contributed by atoms with Gasteiger partial charge in [-0.2, -0.15) is 0 Å². The van der Waals surface area contributed by atoms with Crippen molar-refractivity contribution in [3.05, 3.63) is 30.4 Å². The highest BCUT2D eigenvalue weighted by atomic mass is 16.2. The maximum atomic E-state index is 12.6. The second-order valence-corrected chi connectivity index (χ2v) is 7.59. The number of amides is 1. The van der Waals surface area contributed by atoms with Crippen LogP contribution in [0.25, 0.3) is 5.78 Å². The number of nitrogens with zero attached hydrogens (tertiary/aromatic N) is 3. The number of nitrogens with one attached hydrogen (secondary N) is 1. The number of rotatable bonds is 2. The molecule has 2 saturated carbocycles. The van der Waals surface area contributed by atoms with Crippen LogP contribution in [0.15, 0.2) is 24.7 Å². The van der Waals surface area contributed by atoms with Gasteiger partial charge in [0, 0.05) is 24.6 Å². The predicted octanol–water partition coefficient (Wildman–Crippen LogP) is 2.67. The SMILES string of the molecule is CC1(C)C2CCC1(C)C(NC(=O)c1cn3cccnc3n1)C2. The third-order valence-electron chi connectivity index (χ3n) is 6.57. The summed E-state index contributed by atoms with van der Waals surface area (Å²) >= 11 is 0. The van der Waals surface area contributed by atoms with Crippen LogP contribution in [0.2, 0.25) is 0 Å². The number of hydrogen-bond donors (Lipinski definition) is 1. The highest BCUT2D eigenvalue weighted by molar-refractivity contribution is 5.93. The van der Waals surface area contributed by atoms with Gasteiger partial charge in [-0.1, -0.05) is 20.8 Å². The molecule has 2 fully saturated rings. The van der Waals surface area contributed by atoms with Crippen LogP contribution < -0.4 is 5.32 Å². The molecule has 0 radical (unpaired) electrons. The van der Waals surface area contributed by atoms with E-state index in [1.165, 1.54) is 12.8 Å². The van der Waals surface area contributed by atoms with Gasteiger partial charge >= 0.3 is 0 Å². The second kappa shape index (κ2) is 4.31. The van der Waals surface area contributed by atoms with E-state index in [0.29, 0.717) is 22.8 Å². The Morgan fingerprint density at radius 2 is 2.23 bits per heavy atom. The summed E-state index contributed by atoms with van der Waals surface area (Å²) in [4.78, 5) is 21.1. The first-order valence-electron chi connectivity index (χ1n) is 8.02. The van der Waals surface area contributed by atoms with Gasteiger partial charge in [0.1, 0.15) is 5.69 Å². The van der Waals surface area contributed by atoms with Crippen molar-refractivity contribution in [2.24, 2.45) is 16.7 Å². The Balaban J connectivity index is 1.58. The lowest BCUT2D eigenvalue weighted by Crippen LogP contribution is -2.46. The minimum atomic E-state index is -0.0833. The van der Waals surface area contributed by atoms with Crippen LogP contribution in [0.5, 0.6) is 0 Å². The molecule has 0 spiro atoms. The first-order chi connectivity index (χ1) is 10.4. The Morgan fingerprint density at radius 1 is 1.41 bits per heavy atom. The number of carbonyl (C=O) groups is 1. The molecule has 3 atom stereocenters. The zero-order valence-electron chi connectivity index (χ0n) is 13.3. The maximum Gasteiger partial charge on any atom is 0.271 e. The summed E-state index contributed by atoms with van der Waals surface area (Å²) in [6.07, 6.45) is 8.85. The van der Waals surface area contributed by atoms with Crippen LogP contribution in [0.1, 0.15) is 50.5 Å². The van der Waals surface area contributed by atoms with E-state index in [1.54, 1.807) is 16.8 Å². The topological polar surface area (TPSA) is 59.3 Å². The van der Waals surface area contributed by atoms with Crippen LogP contribution >= 0.6 is 0 Å². The van der Waals surface area contributed by atoms with E-state index in [2.05, 4.69) is 36.1 Å². The molecule has 0 saturated heterocycles. The van der Waals surface area contributed by atoms with Crippen molar-refractivity contribution in [1.29, 1.82) is 0 Å². The number of carbonyl (C=O) groups excluding carboxylic acids is 1. The van der Waals surface area contributed by atoms with Crippen molar-refractivity contribution in [2.75, 3.05) is 0 Å². The third-order valence-corrected chi connectivity index (χ3v) is 6.57. The van der Waals surface area contributed by atoms with Gasteiger partial charge in [0.2, 0.25) is 5.78 Å². The number of imidazole rings is 1. The average Bonchev–Trinajstić information content (AvgIpc) is 3.06. The molecule has 2 aliphatic rings. The van der Waals surface area contributed by atoms with Crippen LogP contribution in [0.3, 0.4) is 0 Å². The molecule has 4 rings (SSSR count). The molecule has 0 aromatic carbocycles. The van der Waals surface area contributed by atoms with Crippen molar-refractivity contribution in [3.63, 3.8) is 0 Å². The largest absolute Gasteiger partial charge is 0.347 e. The summed E-state index contributed by atoms with van der Waals surface area (Å²) in [7, 11) is 0. The van der Waals surface area contributed by atoms with E-state index in [9.17, 15) is 4.79 Å². The highest BCUT2D eigenvalue weighted by Crippen LogP contribution is 2.65. The van der Waals surface area contributed by atoms with Crippen molar-refractivity contribution in [3.8, 4) is 0 Å².